The summed E-state index contributed by atoms with van der Waals surface area (Å²) in [5.41, 5.74) is -0.604. The minimum atomic E-state index is -4.58. The third kappa shape index (κ3) is 7.30. The van der Waals surface area contributed by atoms with Crippen LogP contribution in [0.5, 0.6) is 0 Å². The molecule has 12 heteroatoms. The summed E-state index contributed by atoms with van der Waals surface area (Å²) < 4.78 is 64.6. The molecule has 3 unspecified atom stereocenters. The molecule has 0 spiro atoms. The lowest BCUT2D eigenvalue weighted by atomic mass is 9.87. The molecule has 2 N–H and O–H groups in total. The van der Waals surface area contributed by atoms with Gasteiger partial charge in [0.2, 0.25) is 15.9 Å². The predicted molar refractivity (Wildman–Crippen MR) is 123 cm³/mol. The van der Waals surface area contributed by atoms with Gasteiger partial charge >= 0.3 is 6.18 Å². The van der Waals surface area contributed by atoms with Gasteiger partial charge in [-0.15, -0.1) is 0 Å². The topological polar surface area (TPSA) is 90.0 Å². The average Bonchev–Trinajstić information content (AvgIpc) is 3.15. The number of benzene rings is 1. The standard InChI is InChI=1S/C22H31ClF3N3O4S/c1-34(32,33)27-9-11-29(20-5-3-2-4-19(20)28-10-8-16(30)14-28)21(31)13-15-6-7-17(18(23)12-15)22(24,25)26/h6-7,12,16,19-20,27,30H,2-5,8-11,13-14H2,1H3. The maximum absolute atomic E-state index is 13.4. The lowest BCUT2D eigenvalue weighted by Crippen LogP contribution is -2.56. The van der Waals surface area contributed by atoms with Crippen LogP contribution in [-0.2, 0) is 27.4 Å². The molecule has 1 aromatic rings. The van der Waals surface area contributed by atoms with Crippen molar-refractivity contribution in [2.45, 2.75) is 62.9 Å². The number of hydrogen-bond donors (Lipinski definition) is 2. The summed E-state index contributed by atoms with van der Waals surface area (Å²) in [5.74, 6) is -0.303. The lowest BCUT2D eigenvalue weighted by molar-refractivity contribution is -0.137. The first-order valence-corrected chi connectivity index (χ1v) is 13.6. The predicted octanol–water partition coefficient (Wildman–Crippen LogP) is 2.66. The van der Waals surface area contributed by atoms with E-state index in [0.29, 0.717) is 18.5 Å². The Morgan fingerprint density at radius 3 is 2.56 bits per heavy atom. The van der Waals surface area contributed by atoms with E-state index in [1.165, 1.54) is 6.07 Å². The van der Waals surface area contributed by atoms with Crippen molar-refractivity contribution in [1.29, 1.82) is 0 Å². The third-order valence-electron chi connectivity index (χ3n) is 6.49. The Bertz CT molecular complexity index is 977. The minimum Gasteiger partial charge on any atom is -0.392 e. The number of hydrogen-bond acceptors (Lipinski definition) is 5. The SMILES string of the molecule is CS(=O)(=O)NCCN(C(=O)Cc1ccc(C(F)(F)F)c(Cl)c1)C1CCCCC1N1CCC(O)C1. The Morgan fingerprint density at radius 2 is 1.97 bits per heavy atom. The molecule has 0 radical (unpaired) electrons. The van der Waals surface area contributed by atoms with Crippen molar-refractivity contribution in [3.05, 3.63) is 34.3 Å². The fraction of sp³-hybridized carbons (Fsp3) is 0.682. The Labute approximate surface area is 203 Å². The first kappa shape index (κ1) is 27.2. The van der Waals surface area contributed by atoms with E-state index < -0.39 is 32.9 Å². The van der Waals surface area contributed by atoms with Crippen LogP contribution >= 0.6 is 11.6 Å². The highest BCUT2D eigenvalue weighted by Gasteiger charge is 2.39. The highest BCUT2D eigenvalue weighted by atomic mass is 35.5. The second-order valence-corrected chi connectivity index (χ2v) is 11.3. The number of alkyl halides is 3. The van der Waals surface area contributed by atoms with Crippen LogP contribution in [0, 0.1) is 0 Å². The molecule has 1 aliphatic carbocycles. The Balaban J connectivity index is 1.81. The molecule has 0 bridgehead atoms. The highest BCUT2D eigenvalue weighted by molar-refractivity contribution is 7.88. The molecule has 1 heterocycles. The van der Waals surface area contributed by atoms with Crippen LogP contribution < -0.4 is 4.72 Å². The molecular weight excluding hydrogens is 495 g/mol. The number of halogens is 4. The maximum atomic E-state index is 13.4. The summed E-state index contributed by atoms with van der Waals surface area (Å²) >= 11 is 5.83. The highest BCUT2D eigenvalue weighted by Crippen LogP contribution is 2.35. The van der Waals surface area contributed by atoms with Crippen molar-refractivity contribution in [3.8, 4) is 0 Å². The van der Waals surface area contributed by atoms with Crippen LogP contribution in [0.1, 0.15) is 43.2 Å². The smallest absolute Gasteiger partial charge is 0.392 e. The first-order chi connectivity index (χ1) is 15.8. The lowest BCUT2D eigenvalue weighted by Gasteiger charge is -2.44. The minimum absolute atomic E-state index is 0.0317. The summed E-state index contributed by atoms with van der Waals surface area (Å²) in [5, 5.41) is 9.54. The van der Waals surface area contributed by atoms with E-state index in [4.69, 9.17) is 11.6 Å². The quantitative estimate of drug-likeness (QED) is 0.544. The van der Waals surface area contributed by atoms with Gasteiger partial charge in [-0.1, -0.05) is 30.5 Å². The van der Waals surface area contributed by atoms with Crippen molar-refractivity contribution in [2.24, 2.45) is 0 Å². The number of nitrogens with zero attached hydrogens (tertiary/aromatic N) is 2. The largest absolute Gasteiger partial charge is 0.417 e. The molecule has 3 atom stereocenters. The summed E-state index contributed by atoms with van der Waals surface area (Å²) in [4.78, 5) is 17.2. The van der Waals surface area contributed by atoms with Crippen LogP contribution in [0.15, 0.2) is 18.2 Å². The van der Waals surface area contributed by atoms with E-state index in [9.17, 15) is 31.5 Å². The molecule has 7 nitrogen and oxygen atoms in total. The van der Waals surface area contributed by atoms with E-state index >= 15 is 0 Å². The van der Waals surface area contributed by atoms with E-state index in [1.807, 2.05) is 0 Å². The number of rotatable bonds is 8. The molecule has 2 aliphatic rings. The van der Waals surface area contributed by atoms with Gasteiger partial charge in [0, 0.05) is 38.3 Å². The van der Waals surface area contributed by atoms with Gasteiger partial charge in [0.1, 0.15) is 0 Å². The van der Waals surface area contributed by atoms with E-state index in [2.05, 4.69) is 9.62 Å². The zero-order valence-corrected chi connectivity index (χ0v) is 20.6. The third-order valence-corrected chi connectivity index (χ3v) is 7.53. The van der Waals surface area contributed by atoms with Gasteiger partial charge in [0.25, 0.3) is 0 Å². The van der Waals surface area contributed by atoms with Gasteiger partial charge in [-0.2, -0.15) is 13.2 Å². The van der Waals surface area contributed by atoms with E-state index in [0.717, 1.165) is 50.6 Å². The van der Waals surface area contributed by atoms with Crippen LogP contribution in [0.25, 0.3) is 0 Å². The van der Waals surface area contributed by atoms with E-state index in [1.54, 1.807) is 4.90 Å². The molecule has 1 aliphatic heterocycles. The number of β-amino-alcohol motifs (C(OH)–C–C–N with tert-alkyl or cyclic N) is 1. The number of carbonyl (C=O) groups is 1. The molecule has 2 fully saturated rings. The first-order valence-electron chi connectivity index (χ1n) is 11.4. The number of sulfonamides is 1. The molecule has 1 saturated carbocycles. The van der Waals surface area contributed by atoms with Crippen LogP contribution in [0.2, 0.25) is 5.02 Å². The summed E-state index contributed by atoms with van der Waals surface area (Å²) in [6.45, 7) is 1.42. The van der Waals surface area contributed by atoms with E-state index in [-0.39, 0.29) is 37.5 Å². The molecule has 1 saturated heterocycles. The van der Waals surface area contributed by atoms with Crippen molar-refractivity contribution in [3.63, 3.8) is 0 Å². The molecule has 34 heavy (non-hydrogen) atoms. The Hall–Kier alpha value is -1.40. The second kappa shape index (κ2) is 11.1. The number of carbonyl (C=O) groups excluding carboxylic acids is 1. The fourth-order valence-corrected chi connectivity index (χ4v) is 5.72. The average molecular weight is 526 g/mol. The molecule has 192 valence electrons. The van der Waals surface area contributed by atoms with Gasteiger partial charge in [0.15, 0.2) is 0 Å². The normalized spacial score (nSPS) is 24.4. The van der Waals surface area contributed by atoms with Crippen molar-refractivity contribution in [1.82, 2.24) is 14.5 Å². The number of aliphatic hydroxyl groups is 1. The van der Waals surface area contributed by atoms with Gasteiger partial charge in [-0.25, -0.2) is 13.1 Å². The number of nitrogens with one attached hydrogen (secondary N) is 1. The zero-order chi connectivity index (χ0) is 25.1. The van der Waals surface area contributed by atoms with Gasteiger partial charge in [-0.05, 0) is 37.0 Å². The van der Waals surface area contributed by atoms with Gasteiger partial charge in [-0.3, -0.25) is 9.69 Å². The monoisotopic (exact) mass is 525 g/mol. The second-order valence-electron chi connectivity index (χ2n) is 9.10. The summed E-state index contributed by atoms with van der Waals surface area (Å²) in [6.07, 6.45) is 0.0467. The molecule has 1 amide bonds. The van der Waals surface area contributed by atoms with Crippen molar-refractivity contribution >= 4 is 27.5 Å². The van der Waals surface area contributed by atoms with Crippen molar-refractivity contribution < 1.29 is 31.5 Å². The summed E-state index contributed by atoms with van der Waals surface area (Å²) in [7, 11) is -3.45. The fourth-order valence-electron chi connectivity index (χ4n) is 4.95. The zero-order valence-electron chi connectivity index (χ0n) is 19.0. The molecule has 1 aromatic carbocycles. The maximum Gasteiger partial charge on any atom is 0.417 e. The molecule has 3 rings (SSSR count). The Morgan fingerprint density at radius 1 is 1.26 bits per heavy atom. The Kier molecular flexibility index (Phi) is 8.89. The number of likely N-dealkylation sites (tertiary alicyclic amines) is 1. The van der Waals surface area contributed by atoms with Gasteiger partial charge < -0.3 is 10.0 Å². The summed E-state index contributed by atoms with van der Waals surface area (Å²) in [6, 6.07) is 3.12. The van der Waals surface area contributed by atoms with Gasteiger partial charge in [0.05, 0.1) is 29.4 Å². The van der Waals surface area contributed by atoms with Crippen LogP contribution in [0.3, 0.4) is 0 Å². The van der Waals surface area contributed by atoms with Crippen LogP contribution in [-0.4, -0.2) is 79.9 Å². The number of aliphatic hydroxyl groups excluding tert-OH is 1. The van der Waals surface area contributed by atoms with Crippen LogP contribution in [0.4, 0.5) is 13.2 Å². The van der Waals surface area contributed by atoms with Crippen molar-refractivity contribution in [2.75, 3.05) is 32.4 Å². The molecule has 0 aromatic heterocycles. The molecular formula is C22H31ClF3N3O4S. The number of amides is 1.